The van der Waals surface area contributed by atoms with Crippen LogP contribution in [0.1, 0.15) is 48.5 Å². The van der Waals surface area contributed by atoms with E-state index in [-0.39, 0.29) is 30.4 Å². The highest BCUT2D eigenvalue weighted by atomic mass is 16.6. The van der Waals surface area contributed by atoms with Crippen LogP contribution in [-0.4, -0.2) is 72.2 Å². The van der Waals surface area contributed by atoms with E-state index in [0.717, 1.165) is 0 Å². The molecule has 26 heavy (non-hydrogen) atoms. The molecule has 0 aromatic carbocycles. The first-order chi connectivity index (χ1) is 12.3. The molecule has 0 aliphatic carbocycles. The second-order valence-corrected chi connectivity index (χ2v) is 6.41. The summed E-state index contributed by atoms with van der Waals surface area (Å²) in [5.74, 6) is -0.0351. The Morgan fingerprint density at radius 1 is 1.19 bits per heavy atom. The molecule has 0 bridgehead atoms. The molecule has 1 N–H and O–H groups in total. The summed E-state index contributed by atoms with van der Waals surface area (Å²) in [6.45, 7) is 9.14. The van der Waals surface area contributed by atoms with Crippen molar-refractivity contribution in [1.82, 2.24) is 20.3 Å². The Morgan fingerprint density at radius 2 is 1.81 bits per heavy atom. The fourth-order valence-corrected chi connectivity index (χ4v) is 2.77. The Bertz CT molecular complexity index is 662. The summed E-state index contributed by atoms with van der Waals surface area (Å²) >= 11 is 0. The molecule has 2 heterocycles. The summed E-state index contributed by atoms with van der Waals surface area (Å²) < 4.78 is 10.2. The van der Waals surface area contributed by atoms with Crippen molar-refractivity contribution in [2.75, 3.05) is 39.3 Å². The van der Waals surface area contributed by atoms with Crippen LogP contribution in [0.5, 0.6) is 0 Å². The summed E-state index contributed by atoms with van der Waals surface area (Å²) in [5, 5.41) is 6.47. The molecule has 0 radical (unpaired) electrons. The van der Waals surface area contributed by atoms with E-state index in [2.05, 4.69) is 10.5 Å². The molecule has 1 fully saturated rings. The largest absolute Gasteiger partial charge is 0.450 e. The van der Waals surface area contributed by atoms with Crippen LogP contribution in [0.15, 0.2) is 4.52 Å². The monoisotopic (exact) mass is 366 g/mol. The van der Waals surface area contributed by atoms with Gasteiger partial charge < -0.3 is 24.4 Å². The minimum Gasteiger partial charge on any atom is -0.450 e. The van der Waals surface area contributed by atoms with E-state index in [1.54, 1.807) is 23.6 Å². The van der Waals surface area contributed by atoms with Gasteiger partial charge in [-0.3, -0.25) is 9.59 Å². The van der Waals surface area contributed by atoms with E-state index < -0.39 is 0 Å². The molecule has 9 heteroatoms. The standard InChI is InChI=1S/C17H26N4O5/c1-5-25-17(24)21-8-6-20(7-9-21)13(22)10-18-16(23)14-12(4)19-26-15(14)11(2)3/h11H,5-10H2,1-4H3,(H,18,23). The lowest BCUT2D eigenvalue weighted by Crippen LogP contribution is -2.52. The summed E-state index contributed by atoms with van der Waals surface area (Å²) in [7, 11) is 0. The quantitative estimate of drug-likeness (QED) is 0.838. The molecule has 1 aromatic rings. The molecule has 9 nitrogen and oxygen atoms in total. The molecule has 144 valence electrons. The third kappa shape index (κ3) is 4.53. The maximum absolute atomic E-state index is 12.4. The lowest BCUT2D eigenvalue weighted by molar-refractivity contribution is -0.131. The highest BCUT2D eigenvalue weighted by molar-refractivity contribution is 5.98. The molecule has 1 aromatic heterocycles. The number of hydrogen-bond acceptors (Lipinski definition) is 6. The predicted octanol–water partition coefficient (Wildman–Crippen LogP) is 1.14. The van der Waals surface area contributed by atoms with Crippen molar-refractivity contribution in [3.05, 3.63) is 17.0 Å². The van der Waals surface area contributed by atoms with E-state index in [0.29, 0.717) is 49.8 Å². The normalized spacial score (nSPS) is 14.5. The first-order valence-electron chi connectivity index (χ1n) is 8.79. The Labute approximate surface area is 152 Å². The van der Waals surface area contributed by atoms with E-state index in [1.165, 1.54) is 0 Å². The summed E-state index contributed by atoms with van der Waals surface area (Å²) in [4.78, 5) is 39.6. The van der Waals surface area contributed by atoms with Crippen molar-refractivity contribution in [3.8, 4) is 0 Å². The Kier molecular flexibility index (Phi) is 6.59. The highest BCUT2D eigenvalue weighted by Gasteiger charge is 2.26. The van der Waals surface area contributed by atoms with Gasteiger partial charge in [-0.15, -0.1) is 0 Å². The molecule has 0 unspecified atom stereocenters. The van der Waals surface area contributed by atoms with Crippen LogP contribution in [0.25, 0.3) is 0 Å². The Morgan fingerprint density at radius 3 is 2.38 bits per heavy atom. The average Bonchev–Trinajstić information content (AvgIpc) is 3.01. The van der Waals surface area contributed by atoms with Gasteiger partial charge in [-0.2, -0.15) is 0 Å². The van der Waals surface area contributed by atoms with Gasteiger partial charge in [0.05, 0.1) is 18.8 Å². The second kappa shape index (κ2) is 8.68. The lowest BCUT2D eigenvalue weighted by atomic mass is 10.0. The second-order valence-electron chi connectivity index (χ2n) is 6.41. The van der Waals surface area contributed by atoms with E-state index >= 15 is 0 Å². The van der Waals surface area contributed by atoms with Crippen LogP contribution in [-0.2, 0) is 9.53 Å². The zero-order valence-corrected chi connectivity index (χ0v) is 15.7. The van der Waals surface area contributed by atoms with E-state index in [1.807, 2.05) is 13.8 Å². The molecule has 0 spiro atoms. The summed E-state index contributed by atoms with van der Waals surface area (Å²) in [6.07, 6.45) is -0.364. The fourth-order valence-electron chi connectivity index (χ4n) is 2.77. The topological polar surface area (TPSA) is 105 Å². The number of aromatic nitrogens is 1. The Balaban J connectivity index is 1.85. The fraction of sp³-hybridized carbons (Fsp3) is 0.647. The van der Waals surface area contributed by atoms with Crippen molar-refractivity contribution < 1.29 is 23.6 Å². The molecule has 1 saturated heterocycles. The van der Waals surface area contributed by atoms with Crippen LogP contribution < -0.4 is 5.32 Å². The molecular weight excluding hydrogens is 340 g/mol. The van der Waals surface area contributed by atoms with E-state index in [9.17, 15) is 14.4 Å². The first kappa shape index (κ1) is 19.7. The van der Waals surface area contributed by atoms with Gasteiger partial charge >= 0.3 is 6.09 Å². The number of nitrogens with one attached hydrogen (secondary N) is 1. The maximum Gasteiger partial charge on any atom is 0.409 e. The van der Waals surface area contributed by atoms with Crippen LogP contribution in [0.2, 0.25) is 0 Å². The number of nitrogens with zero attached hydrogens (tertiary/aromatic N) is 3. The number of carbonyl (C=O) groups excluding carboxylic acids is 3. The van der Waals surface area contributed by atoms with Crippen molar-refractivity contribution in [3.63, 3.8) is 0 Å². The van der Waals surface area contributed by atoms with E-state index in [4.69, 9.17) is 9.26 Å². The minimum absolute atomic E-state index is 0.0172. The third-order valence-corrected chi connectivity index (χ3v) is 4.20. The van der Waals surface area contributed by atoms with Gasteiger partial charge in [0.1, 0.15) is 5.56 Å². The van der Waals surface area contributed by atoms with Crippen LogP contribution in [0, 0.1) is 6.92 Å². The van der Waals surface area contributed by atoms with Gasteiger partial charge in [-0.05, 0) is 13.8 Å². The van der Waals surface area contributed by atoms with Crippen LogP contribution >= 0.6 is 0 Å². The predicted molar refractivity (Wildman–Crippen MR) is 92.8 cm³/mol. The molecular formula is C17H26N4O5. The third-order valence-electron chi connectivity index (χ3n) is 4.20. The average molecular weight is 366 g/mol. The van der Waals surface area contributed by atoms with Crippen molar-refractivity contribution in [1.29, 1.82) is 0 Å². The number of hydrogen-bond donors (Lipinski definition) is 1. The maximum atomic E-state index is 12.4. The zero-order valence-electron chi connectivity index (χ0n) is 15.7. The molecule has 0 saturated carbocycles. The number of ether oxygens (including phenoxy) is 1. The van der Waals surface area contributed by atoms with Gasteiger partial charge in [0.25, 0.3) is 5.91 Å². The van der Waals surface area contributed by atoms with Crippen LogP contribution in [0.4, 0.5) is 4.79 Å². The SMILES string of the molecule is CCOC(=O)N1CCN(C(=O)CNC(=O)c2c(C)noc2C(C)C)CC1. The van der Waals surface area contributed by atoms with Gasteiger partial charge in [0.2, 0.25) is 5.91 Å². The summed E-state index contributed by atoms with van der Waals surface area (Å²) in [5.41, 5.74) is 0.890. The molecule has 0 atom stereocenters. The first-order valence-corrected chi connectivity index (χ1v) is 8.79. The number of rotatable bonds is 5. The number of aryl methyl sites for hydroxylation is 1. The van der Waals surface area contributed by atoms with Gasteiger partial charge in [-0.25, -0.2) is 4.79 Å². The molecule has 2 rings (SSSR count). The number of amides is 3. The molecule has 3 amide bonds. The zero-order chi connectivity index (χ0) is 19.3. The van der Waals surface area contributed by atoms with Crippen molar-refractivity contribution in [2.24, 2.45) is 0 Å². The van der Waals surface area contributed by atoms with Crippen LogP contribution in [0.3, 0.4) is 0 Å². The van der Waals surface area contributed by atoms with Gasteiger partial charge in [-0.1, -0.05) is 19.0 Å². The number of piperazine rings is 1. The molecule has 1 aliphatic rings. The Hall–Kier alpha value is -2.58. The molecule has 1 aliphatic heterocycles. The smallest absolute Gasteiger partial charge is 0.409 e. The van der Waals surface area contributed by atoms with Crippen molar-refractivity contribution >= 4 is 17.9 Å². The van der Waals surface area contributed by atoms with Gasteiger partial charge in [0, 0.05) is 32.1 Å². The minimum atomic E-state index is -0.369. The van der Waals surface area contributed by atoms with Crippen molar-refractivity contribution in [2.45, 2.75) is 33.6 Å². The number of carbonyl (C=O) groups is 3. The van der Waals surface area contributed by atoms with Gasteiger partial charge in [0.15, 0.2) is 5.76 Å². The highest BCUT2D eigenvalue weighted by Crippen LogP contribution is 2.21. The summed E-state index contributed by atoms with van der Waals surface area (Å²) in [6, 6.07) is 0. The lowest BCUT2D eigenvalue weighted by Gasteiger charge is -2.34.